The molecule has 0 aromatic heterocycles. The van der Waals surface area contributed by atoms with Crippen molar-refractivity contribution >= 4 is 21.6 Å². The van der Waals surface area contributed by atoms with Crippen molar-refractivity contribution in [2.45, 2.75) is 31.1 Å². The molecule has 5 heteroatoms. The number of aliphatic hydroxyl groups is 1. The normalized spacial score (nSPS) is 32.2. The minimum absolute atomic E-state index is 0.0448. The molecule has 1 rings (SSSR count). The van der Waals surface area contributed by atoms with Crippen LogP contribution in [0.15, 0.2) is 0 Å². The van der Waals surface area contributed by atoms with Crippen LogP contribution < -0.4 is 0 Å². The third kappa shape index (κ3) is 3.48. The summed E-state index contributed by atoms with van der Waals surface area (Å²) in [7, 11) is -2.95. The number of rotatable bonds is 4. The lowest BCUT2D eigenvalue weighted by Crippen LogP contribution is -2.20. The van der Waals surface area contributed by atoms with E-state index < -0.39 is 15.9 Å². The molecular weight excluding hydrogens is 208 g/mol. The van der Waals surface area contributed by atoms with E-state index >= 15 is 0 Å². The van der Waals surface area contributed by atoms with Crippen LogP contribution in [0.25, 0.3) is 0 Å². The summed E-state index contributed by atoms with van der Waals surface area (Å²) in [6, 6.07) is 0. The third-order valence-electron chi connectivity index (χ3n) is 2.10. The molecule has 1 saturated heterocycles. The van der Waals surface area contributed by atoms with Crippen molar-refractivity contribution in [3.05, 3.63) is 0 Å². The number of hydrogen-bond donors (Lipinski definition) is 1. The lowest BCUT2D eigenvalue weighted by atomic mass is 10.3. The summed E-state index contributed by atoms with van der Waals surface area (Å²) >= 11 is 1.59. The summed E-state index contributed by atoms with van der Waals surface area (Å²) < 4.78 is 22.2. The van der Waals surface area contributed by atoms with Crippen LogP contribution in [0.2, 0.25) is 0 Å². The topological polar surface area (TPSA) is 54.4 Å². The highest BCUT2D eigenvalue weighted by atomic mass is 32.2. The summed E-state index contributed by atoms with van der Waals surface area (Å²) in [4.78, 5) is 0. The second-order valence-corrected chi connectivity index (χ2v) is 6.91. The van der Waals surface area contributed by atoms with Crippen LogP contribution in [-0.2, 0) is 9.84 Å². The maximum atomic E-state index is 11.1. The van der Waals surface area contributed by atoms with Crippen molar-refractivity contribution in [3.63, 3.8) is 0 Å². The van der Waals surface area contributed by atoms with Gasteiger partial charge in [0.1, 0.15) is 0 Å². The standard InChI is InChI=1S/C8H16O3S2/c1-2-3-4-12-8-6-13(10,11)5-7(8)9/h7-9H,2-6H2,1H3. The highest BCUT2D eigenvalue weighted by Gasteiger charge is 2.36. The quantitative estimate of drug-likeness (QED) is 0.713. The zero-order valence-electron chi connectivity index (χ0n) is 7.77. The van der Waals surface area contributed by atoms with Crippen molar-refractivity contribution in [2.24, 2.45) is 0 Å². The van der Waals surface area contributed by atoms with E-state index in [0.717, 1.165) is 18.6 Å². The highest BCUT2D eigenvalue weighted by molar-refractivity contribution is 8.01. The number of aliphatic hydroxyl groups excluding tert-OH is 1. The Hall–Kier alpha value is 0.260. The molecule has 0 aromatic rings. The largest absolute Gasteiger partial charge is 0.391 e. The van der Waals surface area contributed by atoms with E-state index in [9.17, 15) is 13.5 Å². The molecule has 0 bridgehead atoms. The molecule has 0 radical (unpaired) electrons. The van der Waals surface area contributed by atoms with Gasteiger partial charge in [0.2, 0.25) is 0 Å². The molecule has 1 aliphatic rings. The molecule has 1 aliphatic heterocycles. The van der Waals surface area contributed by atoms with Crippen molar-refractivity contribution in [1.29, 1.82) is 0 Å². The number of thioether (sulfide) groups is 1. The van der Waals surface area contributed by atoms with E-state index in [2.05, 4.69) is 6.92 Å². The SMILES string of the molecule is CCCCSC1CS(=O)(=O)CC1O. The van der Waals surface area contributed by atoms with Gasteiger partial charge in [-0.2, -0.15) is 11.8 Å². The van der Waals surface area contributed by atoms with Crippen LogP contribution >= 0.6 is 11.8 Å². The lowest BCUT2D eigenvalue weighted by molar-refractivity contribution is 0.207. The van der Waals surface area contributed by atoms with Gasteiger partial charge in [-0.1, -0.05) is 13.3 Å². The summed E-state index contributed by atoms with van der Waals surface area (Å²) in [6.45, 7) is 2.10. The number of unbranched alkanes of at least 4 members (excludes halogenated alkanes) is 1. The van der Waals surface area contributed by atoms with Gasteiger partial charge in [0.05, 0.1) is 17.6 Å². The van der Waals surface area contributed by atoms with Gasteiger partial charge in [-0.15, -0.1) is 0 Å². The Morgan fingerprint density at radius 2 is 2.15 bits per heavy atom. The monoisotopic (exact) mass is 224 g/mol. The molecule has 2 atom stereocenters. The molecule has 13 heavy (non-hydrogen) atoms. The highest BCUT2D eigenvalue weighted by Crippen LogP contribution is 2.25. The maximum Gasteiger partial charge on any atom is 0.154 e. The molecule has 0 saturated carbocycles. The Balaban J connectivity index is 2.36. The Kier molecular flexibility index (Phi) is 4.06. The van der Waals surface area contributed by atoms with Crippen LogP contribution in [0, 0.1) is 0 Å². The van der Waals surface area contributed by atoms with Crippen molar-refractivity contribution in [2.75, 3.05) is 17.3 Å². The van der Waals surface area contributed by atoms with Crippen LogP contribution in [0.4, 0.5) is 0 Å². The first-order valence-electron chi connectivity index (χ1n) is 4.55. The van der Waals surface area contributed by atoms with E-state index in [1.54, 1.807) is 11.8 Å². The van der Waals surface area contributed by atoms with Crippen molar-refractivity contribution in [3.8, 4) is 0 Å². The Labute approximate surface area is 83.8 Å². The summed E-state index contributed by atoms with van der Waals surface area (Å²) in [6.07, 6.45) is 1.56. The molecule has 0 amide bonds. The first kappa shape index (κ1) is 11.3. The van der Waals surface area contributed by atoms with E-state index in [1.807, 2.05) is 0 Å². The van der Waals surface area contributed by atoms with Gasteiger partial charge < -0.3 is 5.11 Å². The van der Waals surface area contributed by atoms with Gasteiger partial charge >= 0.3 is 0 Å². The third-order valence-corrected chi connectivity index (χ3v) is 5.46. The molecule has 78 valence electrons. The molecule has 0 spiro atoms. The average molecular weight is 224 g/mol. The Bertz CT molecular complexity index is 248. The van der Waals surface area contributed by atoms with Crippen molar-refractivity contribution in [1.82, 2.24) is 0 Å². The van der Waals surface area contributed by atoms with Crippen molar-refractivity contribution < 1.29 is 13.5 Å². The summed E-state index contributed by atoms with van der Waals surface area (Å²) in [5.74, 6) is 1.06. The molecule has 0 aliphatic carbocycles. The second kappa shape index (κ2) is 4.66. The Morgan fingerprint density at radius 1 is 1.46 bits per heavy atom. The first-order chi connectivity index (χ1) is 6.05. The van der Waals surface area contributed by atoms with Gasteiger partial charge in [-0.05, 0) is 12.2 Å². The molecule has 1 N–H and O–H groups in total. The predicted molar refractivity (Wildman–Crippen MR) is 55.8 cm³/mol. The van der Waals surface area contributed by atoms with E-state index in [0.29, 0.717) is 0 Å². The average Bonchev–Trinajstić information content (AvgIpc) is 2.25. The molecule has 3 nitrogen and oxygen atoms in total. The fourth-order valence-corrected chi connectivity index (χ4v) is 5.15. The van der Waals surface area contributed by atoms with Gasteiger partial charge in [-0.3, -0.25) is 0 Å². The molecule has 1 fully saturated rings. The smallest absolute Gasteiger partial charge is 0.154 e. The molecule has 2 unspecified atom stereocenters. The zero-order chi connectivity index (χ0) is 9.90. The second-order valence-electron chi connectivity index (χ2n) is 3.41. The van der Waals surface area contributed by atoms with E-state index in [-0.39, 0.29) is 16.8 Å². The fourth-order valence-electron chi connectivity index (χ4n) is 1.34. The van der Waals surface area contributed by atoms with Crippen LogP contribution in [0.1, 0.15) is 19.8 Å². The fraction of sp³-hybridized carbons (Fsp3) is 1.00. The van der Waals surface area contributed by atoms with Gasteiger partial charge in [0.25, 0.3) is 0 Å². The van der Waals surface area contributed by atoms with Crippen LogP contribution in [0.3, 0.4) is 0 Å². The number of sulfone groups is 1. The maximum absolute atomic E-state index is 11.1. The minimum atomic E-state index is -2.95. The minimum Gasteiger partial charge on any atom is -0.391 e. The first-order valence-corrected chi connectivity index (χ1v) is 7.42. The lowest BCUT2D eigenvalue weighted by Gasteiger charge is -2.10. The van der Waals surface area contributed by atoms with Gasteiger partial charge in [0, 0.05) is 5.25 Å². The number of hydrogen-bond acceptors (Lipinski definition) is 4. The summed E-state index contributed by atoms with van der Waals surface area (Å²) in [5.41, 5.74) is 0. The molecule has 1 heterocycles. The van der Waals surface area contributed by atoms with Gasteiger partial charge in [0.15, 0.2) is 9.84 Å². The van der Waals surface area contributed by atoms with E-state index in [4.69, 9.17) is 0 Å². The van der Waals surface area contributed by atoms with Crippen LogP contribution in [0.5, 0.6) is 0 Å². The van der Waals surface area contributed by atoms with Gasteiger partial charge in [-0.25, -0.2) is 8.42 Å². The van der Waals surface area contributed by atoms with E-state index in [1.165, 1.54) is 0 Å². The zero-order valence-corrected chi connectivity index (χ0v) is 9.40. The molecule has 0 aromatic carbocycles. The predicted octanol–water partition coefficient (Wildman–Crippen LogP) is 0.678. The summed E-state index contributed by atoms with van der Waals surface area (Å²) in [5, 5.41) is 9.34. The van der Waals surface area contributed by atoms with Crippen LogP contribution in [-0.4, -0.2) is 42.1 Å². The molecular formula is C8H16O3S2. The Morgan fingerprint density at radius 3 is 2.62 bits per heavy atom.